The molecule has 1 aromatic carbocycles. The second-order valence-corrected chi connectivity index (χ2v) is 5.94. The Bertz CT molecular complexity index is 625. The van der Waals surface area contributed by atoms with Gasteiger partial charge in [0.25, 0.3) is 0 Å². The van der Waals surface area contributed by atoms with Gasteiger partial charge in [-0.3, -0.25) is 0 Å². The predicted molar refractivity (Wildman–Crippen MR) is 86.9 cm³/mol. The van der Waals surface area contributed by atoms with Gasteiger partial charge in [-0.25, -0.2) is 9.78 Å². The van der Waals surface area contributed by atoms with Gasteiger partial charge in [0.05, 0.1) is 12.3 Å². The molecular formula is C17H21N3O3. The van der Waals surface area contributed by atoms with Crippen molar-refractivity contribution >= 4 is 11.7 Å². The lowest BCUT2D eigenvalue weighted by Gasteiger charge is -2.25. The van der Waals surface area contributed by atoms with Crippen molar-refractivity contribution in [2.24, 2.45) is 5.92 Å². The fraction of sp³-hybridized carbons (Fsp3) is 0.412. The lowest BCUT2D eigenvalue weighted by Crippen LogP contribution is -2.35. The summed E-state index contributed by atoms with van der Waals surface area (Å²) in [5, 5.41) is 15.3. The van der Waals surface area contributed by atoms with Gasteiger partial charge in [0.15, 0.2) is 0 Å². The molecule has 6 heteroatoms. The van der Waals surface area contributed by atoms with Crippen molar-refractivity contribution in [3.8, 4) is 11.5 Å². The fourth-order valence-corrected chi connectivity index (χ4v) is 2.92. The van der Waals surface area contributed by atoms with E-state index in [0.29, 0.717) is 24.0 Å². The summed E-state index contributed by atoms with van der Waals surface area (Å²) in [6, 6.07) is 7.08. The molecule has 1 saturated carbocycles. The lowest BCUT2D eigenvalue weighted by atomic mass is 9.87. The summed E-state index contributed by atoms with van der Waals surface area (Å²) < 4.78 is 5.22. The maximum Gasteiger partial charge on any atom is 0.319 e. The molecule has 0 bridgehead atoms. The van der Waals surface area contributed by atoms with Gasteiger partial charge in [-0.1, -0.05) is 6.42 Å². The van der Waals surface area contributed by atoms with Gasteiger partial charge in [-0.05, 0) is 49.4 Å². The summed E-state index contributed by atoms with van der Waals surface area (Å²) in [7, 11) is 0. The molecule has 0 aliphatic heterocycles. The Kier molecular flexibility index (Phi) is 4.92. The number of nitrogens with one attached hydrogen (secondary N) is 2. The number of amides is 2. The first-order valence-electron chi connectivity index (χ1n) is 7.93. The average molecular weight is 315 g/mol. The number of urea groups is 1. The van der Waals surface area contributed by atoms with Crippen molar-refractivity contribution in [2.75, 3.05) is 11.9 Å². The van der Waals surface area contributed by atoms with E-state index in [9.17, 15) is 9.90 Å². The minimum Gasteiger partial charge on any atom is -0.445 e. The molecule has 0 spiro atoms. The molecule has 2 atom stereocenters. The van der Waals surface area contributed by atoms with Crippen LogP contribution in [0.1, 0.15) is 25.7 Å². The Labute approximate surface area is 134 Å². The molecule has 1 aliphatic rings. The summed E-state index contributed by atoms with van der Waals surface area (Å²) in [6.45, 7) is 0.595. The molecule has 6 nitrogen and oxygen atoms in total. The monoisotopic (exact) mass is 315 g/mol. The number of benzene rings is 1. The zero-order valence-corrected chi connectivity index (χ0v) is 12.9. The van der Waals surface area contributed by atoms with Crippen LogP contribution < -0.4 is 10.6 Å². The number of hydrogen-bond donors (Lipinski definition) is 3. The molecular weight excluding hydrogens is 294 g/mol. The number of hydrogen-bond acceptors (Lipinski definition) is 4. The van der Waals surface area contributed by atoms with Crippen molar-refractivity contribution in [1.82, 2.24) is 10.3 Å². The van der Waals surface area contributed by atoms with Crippen LogP contribution in [0.15, 0.2) is 41.1 Å². The second kappa shape index (κ2) is 7.28. The SMILES string of the molecule is O=C(NCC1CCCC(O)C1)Nc1ccc(-c2ncco2)cc1. The Morgan fingerprint density at radius 2 is 2.13 bits per heavy atom. The Morgan fingerprint density at radius 3 is 2.83 bits per heavy atom. The van der Waals surface area contributed by atoms with Crippen molar-refractivity contribution < 1.29 is 14.3 Å². The number of carbonyl (C=O) groups excluding carboxylic acids is 1. The van der Waals surface area contributed by atoms with Crippen LogP contribution in [0.2, 0.25) is 0 Å². The van der Waals surface area contributed by atoms with Gasteiger partial charge < -0.3 is 20.2 Å². The van der Waals surface area contributed by atoms with E-state index < -0.39 is 0 Å². The van der Waals surface area contributed by atoms with Crippen molar-refractivity contribution in [1.29, 1.82) is 0 Å². The summed E-state index contributed by atoms with van der Waals surface area (Å²) >= 11 is 0. The molecule has 2 amide bonds. The average Bonchev–Trinajstić information content (AvgIpc) is 3.08. The quantitative estimate of drug-likeness (QED) is 0.809. The maximum absolute atomic E-state index is 11.9. The van der Waals surface area contributed by atoms with E-state index in [4.69, 9.17) is 4.42 Å². The van der Waals surface area contributed by atoms with Crippen LogP contribution in [0.4, 0.5) is 10.5 Å². The molecule has 122 valence electrons. The zero-order chi connectivity index (χ0) is 16.1. The standard InChI is InChI=1S/C17H21N3O3/c21-15-3-1-2-12(10-15)11-19-17(22)20-14-6-4-13(5-7-14)16-18-8-9-23-16/h4-9,12,15,21H,1-3,10-11H2,(H2,19,20,22). The first-order valence-corrected chi connectivity index (χ1v) is 7.93. The predicted octanol–water partition coefficient (Wildman–Crippen LogP) is 3.01. The molecule has 3 N–H and O–H groups in total. The number of carbonyl (C=O) groups is 1. The number of aliphatic hydroxyl groups excluding tert-OH is 1. The summed E-state index contributed by atoms with van der Waals surface area (Å²) in [5.41, 5.74) is 1.57. The molecule has 23 heavy (non-hydrogen) atoms. The first-order chi connectivity index (χ1) is 11.2. The topological polar surface area (TPSA) is 87.4 Å². The van der Waals surface area contributed by atoms with E-state index in [1.165, 1.54) is 6.26 Å². The van der Waals surface area contributed by atoms with Crippen LogP contribution in [0, 0.1) is 5.92 Å². The largest absolute Gasteiger partial charge is 0.445 e. The van der Waals surface area contributed by atoms with Gasteiger partial charge in [-0.15, -0.1) is 0 Å². The summed E-state index contributed by atoms with van der Waals surface area (Å²) in [4.78, 5) is 16.0. The van der Waals surface area contributed by atoms with Crippen molar-refractivity contribution in [2.45, 2.75) is 31.8 Å². The van der Waals surface area contributed by atoms with Gasteiger partial charge in [-0.2, -0.15) is 0 Å². The van der Waals surface area contributed by atoms with Gasteiger partial charge >= 0.3 is 6.03 Å². The van der Waals surface area contributed by atoms with Crippen LogP contribution in [0.5, 0.6) is 0 Å². The molecule has 1 aliphatic carbocycles. The third kappa shape index (κ3) is 4.32. The molecule has 3 rings (SSSR count). The van der Waals surface area contributed by atoms with Crippen LogP contribution in [0.3, 0.4) is 0 Å². The Balaban J connectivity index is 1.48. The number of nitrogens with zero attached hydrogens (tertiary/aromatic N) is 1. The molecule has 2 aromatic rings. The number of aromatic nitrogens is 1. The maximum atomic E-state index is 11.9. The molecule has 0 saturated heterocycles. The highest BCUT2D eigenvalue weighted by Gasteiger charge is 2.20. The summed E-state index contributed by atoms with van der Waals surface area (Å²) in [5.74, 6) is 0.911. The molecule has 2 unspecified atom stereocenters. The summed E-state index contributed by atoms with van der Waals surface area (Å²) in [6.07, 6.45) is 6.62. The lowest BCUT2D eigenvalue weighted by molar-refractivity contribution is 0.101. The number of oxazole rings is 1. The molecule has 1 aromatic heterocycles. The highest BCUT2D eigenvalue weighted by molar-refractivity contribution is 5.89. The fourth-order valence-electron chi connectivity index (χ4n) is 2.92. The van der Waals surface area contributed by atoms with Crippen LogP contribution in [-0.2, 0) is 0 Å². The van der Waals surface area contributed by atoms with Gasteiger partial charge in [0.1, 0.15) is 6.26 Å². The third-order valence-corrected chi connectivity index (χ3v) is 4.13. The Hall–Kier alpha value is -2.34. The Morgan fingerprint density at radius 1 is 1.30 bits per heavy atom. The normalized spacial score (nSPS) is 20.9. The zero-order valence-electron chi connectivity index (χ0n) is 12.9. The highest BCUT2D eigenvalue weighted by atomic mass is 16.3. The van der Waals surface area contributed by atoms with Gasteiger partial charge in [0.2, 0.25) is 5.89 Å². The second-order valence-electron chi connectivity index (χ2n) is 5.94. The minimum absolute atomic E-state index is 0.221. The van der Waals surface area contributed by atoms with Crippen LogP contribution >= 0.6 is 0 Å². The van der Waals surface area contributed by atoms with E-state index >= 15 is 0 Å². The van der Waals surface area contributed by atoms with Crippen LogP contribution in [0.25, 0.3) is 11.5 Å². The molecule has 1 fully saturated rings. The first kappa shape index (κ1) is 15.6. The smallest absolute Gasteiger partial charge is 0.319 e. The number of rotatable bonds is 4. The minimum atomic E-state index is -0.228. The van der Waals surface area contributed by atoms with E-state index in [-0.39, 0.29) is 12.1 Å². The van der Waals surface area contributed by atoms with E-state index in [0.717, 1.165) is 31.2 Å². The van der Waals surface area contributed by atoms with E-state index in [1.807, 2.05) is 24.3 Å². The number of aliphatic hydroxyl groups is 1. The van der Waals surface area contributed by atoms with E-state index in [1.54, 1.807) is 6.20 Å². The highest BCUT2D eigenvalue weighted by Crippen LogP contribution is 2.23. The number of anilines is 1. The molecule has 0 radical (unpaired) electrons. The van der Waals surface area contributed by atoms with Crippen molar-refractivity contribution in [3.05, 3.63) is 36.7 Å². The van der Waals surface area contributed by atoms with Crippen molar-refractivity contribution in [3.63, 3.8) is 0 Å². The third-order valence-electron chi connectivity index (χ3n) is 4.13. The van der Waals surface area contributed by atoms with Crippen LogP contribution in [-0.4, -0.2) is 28.8 Å². The van der Waals surface area contributed by atoms with E-state index in [2.05, 4.69) is 15.6 Å². The van der Waals surface area contributed by atoms with Gasteiger partial charge in [0, 0.05) is 17.8 Å². The molecule has 1 heterocycles.